The number of aromatic amines is 1. The number of hydrogen-bond acceptors (Lipinski definition) is 7. The second-order valence-electron chi connectivity index (χ2n) is 5.59. The van der Waals surface area contributed by atoms with E-state index in [0.717, 1.165) is 27.5 Å². The van der Waals surface area contributed by atoms with E-state index in [2.05, 4.69) is 35.6 Å². The highest BCUT2D eigenvalue weighted by Crippen LogP contribution is 2.28. The van der Waals surface area contributed by atoms with Crippen LogP contribution in [0.15, 0.2) is 42.3 Å². The summed E-state index contributed by atoms with van der Waals surface area (Å²) in [5.74, 6) is 0.597. The van der Waals surface area contributed by atoms with E-state index in [9.17, 15) is 4.79 Å². The van der Waals surface area contributed by atoms with Gasteiger partial charge in [-0.25, -0.2) is 19.9 Å². The van der Waals surface area contributed by atoms with Crippen LogP contribution in [0, 0.1) is 0 Å². The van der Waals surface area contributed by atoms with Crippen LogP contribution in [0.5, 0.6) is 0 Å². The first kappa shape index (κ1) is 16.2. The number of nitrogens with zero attached hydrogens (tertiary/aromatic N) is 4. The lowest BCUT2D eigenvalue weighted by Gasteiger charge is -2.04. The van der Waals surface area contributed by atoms with E-state index >= 15 is 0 Å². The lowest BCUT2D eigenvalue weighted by Crippen LogP contribution is -2.18. The third-order valence-corrected chi connectivity index (χ3v) is 4.50. The molecule has 26 heavy (non-hydrogen) atoms. The van der Waals surface area contributed by atoms with Crippen molar-refractivity contribution in [1.82, 2.24) is 30.2 Å². The van der Waals surface area contributed by atoms with Crippen LogP contribution in [-0.4, -0.2) is 30.8 Å². The van der Waals surface area contributed by atoms with Gasteiger partial charge in [0.05, 0.1) is 12.0 Å². The number of fused-ring (bicyclic) bond motifs is 1. The summed E-state index contributed by atoms with van der Waals surface area (Å²) in [6.45, 7) is 2.03. The number of hydrogen-bond donors (Lipinski definition) is 3. The van der Waals surface area contributed by atoms with Gasteiger partial charge in [-0.2, -0.15) is 0 Å². The van der Waals surface area contributed by atoms with Crippen LogP contribution in [0.2, 0.25) is 0 Å². The van der Waals surface area contributed by atoms with Crippen LogP contribution >= 0.6 is 11.3 Å². The fraction of sp³-hybridized carbons (Fsp3) is 0.118. The molecule has 1 amide bonds. The van der Waals surface area contributed by atoms with Gasteiger partial charge in [0.2, 0.25) is 5.91 Å². The molecule has 0 saturated heterocycles. The molecule has 0 fully saturated rings. The molecule has 4 rings (SSSR count). The molecule has 3 N–H and O–H groups in total. The predicted octanol–water partition coefficient (Wildman–Crippen LogP) is 2.86. The Balaban J connectivity index is 1.51. The topological polar surface area (TPSA) is 108 Å². The van der Waals surface area contributed by atoms with Gasteiger partial charge in [0.1, 0.15) is 11.8 Å². The van der Waals surface area contributed by atoms with Crippen LogP contribution in [0.25, 0.3) is 22.4 Å². The molecule has 0 aliphatic rings. The normalized spacial score (nSPS) is 10.8. The molecule has 0 saturated carbocycles. The minimum Gasteiger partial charge on any atom is -0.352 e. The number of amides is 1. The molecule has 3 aromatic heterocycles. The Morgan fingerprint density at radius 2 is 2.04 bits per heavy atom. The number of H-pyrrole nitrogens is 1. The number of aromatic nitrogens is 5. The van der Waals surface area contributed by atoms with Gasteiger partial charge in [0.15, 0.2) is 16.6 Å². The fourth-order valence-electron chi connectivity index (χ4n) is 2.44. The lowest BCUT2D eigenvalue weighted by atomic mass is 10.1. The quantitative estimate of drug-likeness (QED) is 0.502. The average molecular weight is 365 g/mol. The molecule has 3 heterocycles. The van der Waals surface area contributed by atoms with E-state index in [-0.39, 0.29) is 5.91 Å². The van der Waals surface area contributed by atoms with Gasteiger partial charge in [0.25, 0.3) is 0 Å². The zero-order valence-corrected chi connectivity index (χ0v) is 14.7. The molecule has 0 unspecified atom stereocenters. The Morgan fingerprint density at radius 3 is 2.85 bits per heavy atom. The van der Waals surface area contributed by atoms with Gasteiger partial charge in [-0.05, 0) is 5.56 Å². The van der Waals surface area contributed by atoms with Crippen molar-refractivity contribution in [3.8, 4) is 11.3 Å². The molecular weight excluding hydrogens is 350 g/mol. The number of benzene rings is 1. The molecule has 0 spiro atoms. The molecule has 0 aliphatic carbocycles. The fourth-order valence-corrected chi connectivity index (χ4v) is 3.16. The van der Waals surface area contributed by atoms with Gasteiger partial charge in [-0.15, -0.1) is 11.3 Å². The smallest absolute Gasteiger partial charge is 0.217 e. The summed E-state index contributed by atoms with van der Waals surface area (Å²) in [4.78, 5) is 31.1. The van der Waals surface area contributed by atoms with E-state index < -0.39 is 0 Å². The highest BCUT2D eigenvalue weighted by molar-refractivity contribution is 7.14. The van der Waals surface area contributed by atoms with Crippen LogP contribution in [0.1, 0.15) is 12.5 Å². The Morgan fingerprint density at radius 1 is 1.19 bits per heavy atom. The Labute approximate surface area is 152 Å². The maximum Gasteiger partial charge on any atom is 0.217 e. The van der Waals surface area contributed by atoms with E-state index in [0.29, 0.717) is 18.0 Å². The minimum atomic E-state index is -0.0413. The molecule has 4 aromatic rings. The van der Waals surface area contributed by atoms with Crippen molar-refractivity contribution in [3.63, 3.8) is 0 Å². The summed E-state index contributed by atoms with van der Waals surface area (Å²) in [6, 6.07) is 7.95. The Kier molecular flexibility index (Phi) is 4.28. The van der Waals surface area contributed by atoms with Crippen LogP contribution in [-0.2, 0) is 11.3 Å². The first-order chi connectivity index (χ1) is 12.7. The van der Waals surface area contributed by atoms with Crippen molar-refractivity contribution < 1.29 is 4.79 Å². The molecule has 9 heteroatoms. The van der Waals surface area contributed by atoms with E-state index in [1.807, 2.05) is 29.6 Å². The third kappa shape index (κ3) is 3.38. The number of anilines is 2. The molecule has 0 aliphatic heterocycles. The molecule has 0 bridgehead atoms. The summed E-state index contributed by atoms with van der Waals surface area (Å²) < 4.78 is 0. The minimum absolute atomic E-state index is 0.0413. The summed E-state index contributed by atoms with van der Waals surface area (Å²) >= 11 is 1.49. The van der Waals surface area contributed by atoms with Crippen LogP contribution < -0.4 is 10.6 Å². The lowest BCUT2D eigenvalue weighted by molar-refractivity contribution is -0.119. The second-order valence-corrected chi connectivity index (χ2v) is 6.45. The SMILES string of the molecule is CC(=O)NCc1ccc(-c2csc(Nc3ncnc4nc[nH]c34)n2)cc1. The third-order valence-electron chi connectivity index (χ3n) is 3.74. The predicted molar refractivity (Wildman–Crippen MR) is 100 cm³/mol. The van der Waals surface area contributed by atoms with Gasteiger partial charge in [-0.1, -0.05) is 24.3 Å². The van der Waals surface area contributed by atoms with Crippen molar-refractivity contribution in [2.24, 2.45) is 0 Å². The molecule has 130 valence electrons. The maximum absolute atomic E-state index is 11.0. The number of carbonyl (C=O) groups is 1. The van der Waals surface area contributed by atoms with Crippen LogP contribution in [0.3, 0.4) is 0 Å². The zero-order valence-electron chi connectivity index (χ0n) is 13.9. The monoisotopic (exact) mass is 365 g/mol. The van der Waals surface area contributed by atoms with E-state index in [1.54, 1.807) is 6.33 Å². The summed E-state index contributed by atoms with van der Waals surface area (Å²) in [5, 5.41) is 8.70. The number of nitrogens with one attached hydrogen (secondary N) is 3. The standard InChI is InChI=1S/C17H15N7OS/c1-10(25)18-6-11-2-4-12(5-3-11)13-7-26-17(23-13)24-16-14-15(20-8-19-14)21-9-22-16/h2-5,7-9H,6H2,1H3,(H,18,25)(H2,19,20,21,22,23,24). The van der Waals surface area contributed by atoms with Crippen molar-refractivity contribution in [2.75, 3.05) is 5.32 Å². The largest absolute Gasteiger partial charge is 0.352 e. The number of thiazole rings is 1. The van der Waals surface area contributed by atoms with Gasteiger partial charge in [-0.3, -0.25) is 4.79 Å². The number of rotatable bonds is 5. The molecule has 0 atom stereocenters. The first-order valence-electron chi connectivity index (χ1n) is 7.89. The van der Waals surface area contributed by atoms with Crippen molar-refractivity contribution in [1.29, 1.82) is 0 Å². The average Bonchev–Trinajstić information content (AvgIpc) is 3.30. The molecule has 1 aromatic carbocycles. The van der Waals surface area contributed by atoms with Crippen molar-refractivity contribution in [2.45, 2.75) is 13.5 Å². The van der Waals surface area contributed by atoms with E-state index in [1.165, 1.54) is 24.6 Å². The van der Waals surface area contributed by atoms with E-state index in [4.69, 9.17) is 0 Å². The van der Waals surface area contributed by atoms with Crippen LogP contribution in [0.4, 0.5) is 10.9 Å². The zero-order chi connectivity index (χ0) is 17.9. The van der Waals surface area contributed by atoms with Crippen molar-refractivity contribution in [3.05, 3.63) is 47.9 Å². The molecular formula is C17H15N7OS. The summed E-state index contributed by atoms with van der Waals surface area (Å²) in [6.07, 6.45) is 3.05. The molecule has 0 radical (unpaired) electrons. The second kappa shape index (κ2) is 6.89. The van der Waals surface area contributed by atoms with Gasteiger partial charge in [0, 0.05) is 24.4 Å². The number of carbonyl (C=O) groups excluding carboxylic acids is 1. The summed E-state index contributed by atoms with van der Waals surface area (Å²) in [5.41, 5.74) is 4.27. The summed E-state index contributed by atoms with van der Waals surface area (Å²) in [7, 11) is 0. The van der Waals surface area contributed by atoms with Gasteiger partial charge >= 0.3 is 0 Å². The highest BCUT2D eigenvalue weighted by Gasteiger charge is 2.09. The van der Waals surface area contributed by atoms with Crippen molar-refractivity contribution >= 4 is 39.4 Å². The van der Waals surface area contributed by atoms with Gasteiger partial charge < -0.3 is 15.6 Å². The Hall–Kier alpha value is -3.33. The Bertz CT molecular complexity index is 1050. The number of imidazole rings is 1. The highest BCUT2D eigenvalue weighted by atomic mass is 32.1. The maximum atomic E-state index is 11.0. The first-order valence-corrected chi connectivity index (χ1v) is 8.77. The molecule has 8 nitrogen and oxygen atoms in total.